The lowest BCUT2D eigenvalue weighted by Gasteiger charge is -2.15. The Hall–Kier alpha value is -3.74. The quantitative estimate of drug-likeness (QED) is 0.489. The first-order valence-corrected chi connectivity index (χ1v) is 11.2. The lowest BCUT2D eigenvalue weighted by Crippen LogP contribution is -2.37. The van der Waals surface area contributed by atoms with E-state index in [0.717, 1.165) is 34.3 Å². The predicted molar refractivity (Wildman–Crippen MR) is 130 cm³/mol. The Balaban J connectivity index is 1.63. The highest BCUT2D eigenvalue weighted by molar-refractivity contribution is 5.84. The lowest BCUT2D eigenvalue weighted by molar-refractivity contribution is -0.124. The van der Waals surface area contributed by atoms with Crippen LogP contribution in [0.5, 0.6) is 0 Å². The summed E-state index contributed by atoms with van der Waals surface area (Å²) in [6.07, 6.45) is 0.971. The molecule has 4 rings (SSSR count). The van der Waals surface area contributed by atoms with E-state index in [2.05, 4.69) is 34.6 Å². The van der Waals surface area contributed by atoms with E-state index in [1.54, 1.807) is 11.6 Å². The molecule has 1 N–H and O–H groups in total. The van der Waals surface area contributed by atoms with Gasteiger partial charge in [-0.2, -0.15) is 10.2 Å². The Kier molecular flexibility index (Phi) is 6.14. The Labute approximate surface area is 193 Å². The maximum atomic E-state index is 13.3. The first-order valence-electron chi connectivity index (χ1n) is 11.2. The Morgan fingerprint density at radius 2 is 1.61 bits per heavy atom. The molecule has 170 valence electrons. The van der Waals surface area contributed by atoms with E-state index in [1.165, 1.54) is 10.2 Å². The number of aryl methyl sites for hydroxylation is 4. The zero-order valence-corrected chi connectivity index (χ0v) is 19.7. The van der Waals surface area contributed by atoms with Crippen LogP contribution in [0.3, 0.4) is 0 Å². The Bertz CT molecular complexity index is 1370. The summed E-state index contributed by atoms with van der Waals surface area (Å²) >= 11 is 0. The zero-order chi connectivity index (χ0) is 23.7. The van der Waals surface area contributed by atoms with Crippen LogP contribution in [0.1, 0.15) is 48.0 Å². The van der Waals surface area contributed by atoms with Crippen LogP contribution in [-0.2, 0) is 17.8 Å². The number of benzene rings is 2. The number of carbonyl (C=O) groups is 1. The van der Waals surface area contributed by atoms with Gasteiger partial charge in [0, 0.05) is 6.54 Å². The number of hydrogen-bond acceptors (Lipinski definition) is 4. The minimum Gasteiger partial charge on any atom is -0.350 e. The van der Waals surface area contributed by atoms with Crippen molar-refractivity contribution in [2.75, 3.05) is 0 Å². The van der Waals surface area contributed by atoms with Gasteiger partial charge in [0.25, 0.3) is 5.56 Å². The third-order valence-corrected chi connectivity index (χ3v) is 6.07. The van der Waals surface area contributed by atoms with E-state index in [-0.39, 0.29) is 11.5 Å². The highest BCUT2D eigenvalue weighted by Crippen LogP contribution is 2.22. The van der Waals surface area contributed by atoms with Gasteiger partial charge in [0.05, 0.1) is 22.5 Å². The van der Waals surface area contributed by atoms with Crippen molar-refractivity contribution < 1.29 is 4.79 Å². The number of nitrogens with zero attached hydrogens (tertiary/aromatic N) is 4. The van der Waals surface area contributed by atoms with Crippen molar-refractivity contribution in [2.24, 2.45) is 0 Å². The van der Waals surface area contributed by atoms with E-state index in [9.17, 15) is 9.59 Å². The van der Waals surface area contributed by atoms with E-state index in [0.29, 0.717) is 17.8 Å². The third kappa shape index (κ3) is 4.31. The molecular formula is C26H29N5O2. The second-order valence-electron chi connectivity index (χ2n) is 8.46. The maximum Gasteiger partial charge on any atom is 0.295 e. The van der Waals surface area contributed by atoms with Gasteiger partial charge in [-0.05, 0) is 57.4 Å². The van der Waals surface area contributed by atoms with Gasteiger partial charge in [-0.25, -0.2) is 9.36 Å². The molecule has 2 heterocycles. The second kappa shape index (κ2) is 9.02. The number of nitrogens with one attached hydrogen (secondary N) is 1. The standard InChI is InChI=1S/C26H29N5O2/c1-6-20-9-11-21(12-10-20)15-27-25(32)19(5)31-26(33)24-23(17(3)28-31)18(4)30(29-24)22-13-7-16(2)8-14-22/h7-14,19H,6,15H2,1-5H3,(H,27,32)/t19-/m1/s1. The van der Waals surface area contributed by atoms with Crippen LogP contribution < -0.4 is 10.9 Å². The summed E-state index contributed by atoms with van der Waals surface area (Å²) in [7, 11) is 0. The Morgan fingerprint density at radius 3 is 2.24 bits per heavy atom. The van der Waals surface area contributed by atoms with Crippen LogP contribution in [0.2, 0.25) is 0 Å². The fourth-order valence-electron chi connectivity index (χ4n) is 3.99. The molecule has 1 atom stereocenters. The molecule has 2 aromatic heterocycles. The molecule has 0 bridgehead atoms. The molecule has 0 unspecified atom stereocenters. The molecule has 7 heteroatoms. The first-order chi connectivity index (χ1) is 15.8. The Morgan fingerprint density at radius 1 is 0.970 bits per heavy atom. The van der Waals surface area contributed by atoms with Crippen molar-refractivity contribution in [3.05, 3.63) is 87.0 Å². The van der Waals surface area contributed by atoms with Gasteiger partial charge >= 0.3 is 0 Å². The molecule has 0 aliphatic carbocycles. The molecule has 7 nitrogen and oxygen atoms in total. The molecular weight excluding hydrogens is 414 g/mol. The van der Waals surface area contributed by atoms with Crippen molar-refractivity contribution >= 4 is 16.8 Å². The zero-order valence-electron chi connectivity index (χ0n) is 19.7. The predicted octanol–water partition coefficient (Wildman–Crippen LogP) is 3.95. The SMILES string of the molecule is CCc1ccc(CNC(=O)[C@@H](C)n2nc(C)c3c(C)n(-c4ccc(C)cc4)nc3c2=O)cc1. The van der Waals surface area contributed by atoms with Crippen molar-refractivity contribution in [2.45, 2.75) is 53.6 Å². The van der Waals surface area contributed by atoms with Gasteiger partial charge in [0.15, 0.2) is 5.52 Å². The summed E-state index contributed by atoms with van der Waals surface area (Å²) in [5, 5.41) is 12.7. The third-order valence-electron chi connectivity index (χ3n) is 6.07. The van der Waals surface area contributed by atoms with Crippen LogP contribution in [0.4, 0.5) is 0 Å². The van der Waals surface area contributed by atoms with Gasteiger partial charge in [-0.3, -0.25) is 9.59 Å². The van der Waals surface area contributed by atoms with Crippen molar-refractivity contribution in [1.82, 2.24) is 24.9 Å². The average molecular weight is 444 g/mol. The van der Waals surface area contributed by atoms with Crippen LogP contribution in [-0.4, -0.2) is 25.5 Å². The summed E-state index contributed by atoms with van der Waals surface area (Å²) in [6, 6.07) is 15.3. The average Bonchev–Trinajstić information content (AvgIpc) is 3.18. The summed E-state index contributed by atoms with van der Waals surface area (Å²) in [4.78, 5) is 26.1. The second-order valence-corrected chi connectivity index (χ2v) is 8.46. The van der Waals surface area contributed by atoms with E-state index < -0.39 is 6.04 Å². The summed E-state index contributed by atoms with van der Waals surface area (Å²) < 4.78 is 2.99. The van der Waals surface area contributed by atoms with Gasteiger partial charge in [0.2, 0.25) is 5.91 Å². The number of aromatic nitrogens is 4. The molecule has 0 fully saturated rings. The van der Waals surface area contributed by atoms with Crippen LogP contribution >= 0.6 is 0 Å². The number of hydrogen-bond donors (Lipinski definition) is 1. The summed E-state index contributed by atoms with van der Waals surface area (Å²) in [5.74, 6) is -0.266. The van der Waals surface area contributed by atoms with Gasteiger partial charge in [-0.1, -0.05) is 48.9 Å². The number of carbonyl (C=O) groups excluding carboxylic acids is 1. The molecule has 33 heavy (non-hydrogen) atoms. The fraction of sp³-hybridized carbons (Fsp3) is 0.308. The molecule has 0 saturated heterocycles. The van der Waals surface area contributed by atoms with Crippen molar-refractivity contribution in [3.8, 4) is 5.69 Å². The molecule has 0 radical (unpaired) electrons. The number of fused-ring (bicyclic) bond motifs is 1. The minimum absolute atomic E-state index is 0.266. The van der Waals surface area contributed by atoms with Gasteiger partial charge in [0.1, 0.15) is 6.04 Å². The largest absolute Gasteiger partial charge is 0.350 e. The molecule has 0 aliphatic rings. The normalized spacial score (nSPS) is 12.2. The lowest BCUT2D eigenvalue weighted by atomic mass is 10.1. The molecule has 4 aromatic rings. The van der Waals surface area contributed by atoms with Crippen molar-refractivity contribution in [1.29, 1.82) is 0 Å². The highest BCUT2D eigenvalue weighted by atomic mass is 16.2. The van der Waals surface area contributed by atoms with E-state index in [4.69, 9.17) is 0 Å². The molecule has 1 amide bonds. The van der Waals surface area contributed by atoms with Gasteiger partial charge in [-0.15, -0.1) is 0 Å². The van der Waals surface area contributed by atoms with E-state index >= 15 is 0 Å². The monoisotopic (exact) mass is 443 g/mol. The number of amides is 1. The molecule has 0 aliphatic heterocycles. The highest BCUT2D eigenvalue weighted by Gasteiger charge is 2.23. The first kappa shape index (κ1) is 22.5. The van der Waals surface area contributed by atoms with Crippen LogP contribution in [0, 0.1) is 20.8 Å². The van der Waals surface area contributed by atoms with Crippen LogP contribution in [0.15, 0.2) is 53.3 Å². The van der Waals surface area contributed by atoms with Crippen LogP contribution in [0.25, 0.3) is 16.6 Å². The fourth-order valence-corrected chi connectivity index (χ4v) is 3.99. The van der Waals surface area contributed by atoms with Crippen molar-refractivity contribution in [3.63, 3.8) is 0 Å². The summed E-state index contributed by atoms with van der Waals surface area (Å²) in [5.41, 5.74) is 5.72. The number of rotatable bonds is 6. The molecule has 0 saturated carbocycles. The van der Waals surface area contributed by atoms with E-state index in [1.807, 2.05) is 57.2 Å². The van der Waals surface area contributed by atoms with Gasteiger partial charge < -0.3 is 5.32 Å². The topological polar surface area (TPSA) is 81.8 Å². The minimum atomic E-state index is -0.764. The maximum absolute atomic E-state index is 13.3. The molecule has 2 aromatic carbocycles. The smallest absolute Gasteiger partial charge is 0.295 e. The summed E-state index contributed by atoms with van der Waals surface area (Å²) in [6.45, 7) is 9.96. The molecule has 0 spiro atoms.